The Hall–Kier alpha value is -2.70. The Morgan fingerprint density at radius 3 is 2.85 bits per heavy atom. The van der Waals surface area contributed by atoms with Crippen LogP contribution in [0.4, 0.5) is 21.8 Å². The molecule has 0 unspecified atom stereocenters. The van der Waals surface area contributed by atoms with Gasteiger partial charge in [-0.1, -0.05) is 6.07 Å². The predicted octanol–water partition coefficient (Wildman–Crippen LogP) is 3.13. The maximum Gasteiger partial charge on any atom is 0.229 e. The van der Waals surface area contributed by atoms with E-state index < -0.39 is 0 Å². The van der Waals surface area contributed by atoms with Gasteiger partial charge < -0.3 is 15.5 Å². The third kappa shape index (κ3) is 3.76. The number of carbonyl (C=O) groups excluding carboxylic acids is 1. The number of amides is 1. The molecular weight excluding hydrogens is 333 g/mol. The molecule has 7 heteroatoms. The molecule has 1 saturated carbocycles. The molecule has 26 heavy (non-hydrogen) atoms. The molecule has 6 nitrogen and oxygen atoms in total. The average molecular weight is 355 g/mol. The molecule has 1 amide bonds. The number of likely N-dealkylation sites (tertiary alicyclic amines) is 1. The van der Waals surface area contributed by atoms with Crippen molar-refractivity contribution in [3.63, 3.8) is 0 Å². The fraction of sp³-hybridized carbons (Fsp3) is 0.421. The summed E-state index contributed by atoms with van der Waals surface area (Å²) in [5.41, 5.74) is 1.75. The minimum Gasteiger partial charge on any atom is -0.369 e. The van der Waals surface area contributed by atoms with E-state index in [0.29, 0.717) is 23.5 Å². The summed E-state index contributed by atoms with van der Waals surface area (Å²) in [5.74, 6) is 2.08. The molecule has 2 aliphatic rings. The lowest BCUT2D eigenvalue weighted by molar-refractivity contribution is -0.134. The highest BCUT2D eigenvalue weighted by Gasteiger charge is 2.30. The van der Waals surface area contributed by atoms with Crippen LogP contribution in [0.2, 0.25) is 0 Å². The minimum atomic E-state index is -0.303. The topological polar surface area (TPSA) is 70.2 Å². The Balaban J connectivity index is 1.44. The van der Waals surface area contributed by atoms with Gasteiger partial charge in [0, 0.05) is 49.9 Å². The van der Waals surface area contributed by atoms with Crippen molar-refractivity contribution in [2.45, 2.75) is 25.7 Å². The number of anilines is 3. The molecule has 4 rings (SSSR count). The van der Waals surface area contributed by atoms with Crippen LogP contribution in [0, 0.1) is 11.7 Å². The highest BCUT2D eigenvalue weighted by molar-refractivity contribution is 5.74. The summed E-state index contributed by atoms with van der Waals surface area (Å²) in [5, 5.41) is 6.48. The molecule has 2 fully saturated rings. The van der Waals surface area contributed by atoms with Gasteiger partial charge in [-0.05, 0) is 37.0 Å². The lowest BCUT2D eigenvalue weighted by atomic mass is 10.00. The van der Waals surface area contributed by atoms with E-state index in [4.69, 9.17) is 0 Å². The molecule has 1 aromatic heterocycles. The molecule has 1 aliphatic carbocycles. The number of nitrogens with zero attached hydrogens (tertiary/aromatic N) is 3. The van der Waals surface area contributed by atoms with Crippen molar-refractivity contribution in [2.75, 3.05) is 30.3 Å². The summed E-state index contributed by atoms with van der Waals surface area (Å²) in [4.78, 5) is 22.1. The monoisotopic (exact) mass is 355 g/mol. The van der Waals surface area contributed by atoms with Crippen LogP contribution in [0.5, 0.6) is 0 Å². The number of hydrogen-bond acceptors (Lipinski definition) is 5. The Labute approximate surface area is 151 Å². The van der Waals surface area contributed by atoms with Crippen LogP contribution in [-0.4, -0.2) is 40.4 Å². The maximum absolute atomic E-state index is 13.3. The van der Waals surface area contributed by atoms with E-state index in [1.54, 1.807) is 19.1 Å². The maximum atomic E-state index is 13.3. The van der Waals surface area contributed by atoms with Gasteiger partial charge >= 0.3 is 0 Å². The van der Waals surface area contributed by atoms with Gasteiger partial charge in [0.25, 0.3) is 0 Å². The van der Waals surface area contributed by atoms with Gasteiger partial charge in [-0.2, -0.15) is 4.98 Å². The molecule has 2 heterocycles. The lowest BCUT2D eigenvalue weighted by Gasteiger charge is -2.38. The first kappa shape index (κ1) is 16.8. The molecule has 0 bridgehead atoms. The van der Waals surface area contributed by atoms with Gasteiger partial charge in [0.05, 0.1) is 0 Å². The summed E-state index contributed by atoms with van der Waals surface area (Å²) in [6.45, 7) is 3.96. The molecule has 1 aliphatic heterocycles. The van der Waals surface area contributed by atoms with Crippen molar-refractivity contribution in [1.29, 1.82) is 0 Å². The van der Waals surface area contributed by atoms with E-state index in [-0.39, 0.29) is 11.7 Å². The van der Waals surface area contributed by atoms with Gasteiger partial charge in [-0.15, -0.1) is 0 Å². The third-order valence-electron chi connectivity index (χ3n) is 4.88. The van der Waals surface area contributed by atoms with Crippen LogP contribution in [0.3, 0.4) is 0 Å². The molecule has 1 saturated heterocycles. The highest BCUT2D eigenvalue weighted by Crippen LogP contribution is 2.43. The second-order valence-electron chi connectivity index (χ2n) is 7.08. The lowest BCUT2D eigenvalue weighted by Crippen LogP contribution is -2.51. The second-order valence-corrected chi connectivity index (χ2v) is 7.08. The van der Waals surface area contributed by atoms with Gasteiger partial charge in [-0.25, -0.2) is 9.37 Å². The number of rotatable bonds is 6. The van der Waals surface area contributed by atoms with Crippen molar-refractivity contribution in [3.8, 4) is 0 Å². The Kier molecular flexibility index (Phi) is 4.44. The minimum absolute atomic E-state index is 0.128. The number of carbonyl (C=O) groups is 1. The summed E-state index contributed by atoms with van der Waals surface area (Å²) in [7, 11) is 0. The molecule has 0 spiro atoms. The van der Waals surface area contributed by atoms with E-state index in [1.807, 2.05) is 11.1 Å². The number of halogens is 1. The quantitative estimate of drug-likeness (QED) is 0.833. The second kappa shape index (κ2) is 6.90. The van der Waals surface area contributed by atoms with E-state index in [9.17, 15) is 9.18 Å². The van der Waals surface area contributed by atoms with Crippen molar-refractivity contribution in [1.82, 2.24) is 14.9 Å². The van der Waals surface area contributed by atoms with Gasteiger partial charge in [0.15, 0.2) is 0 Å². The van der Waals surface area contributed by atoms with Crippen molar-refractivity contribution in [3.05, 3.63) is 41.8 Å². The third-order valence-corrected chi connectivity index (χ3v) is 4.88. The van der Waals surface area contributed by atoms with Crippen LogP contribution in [-0.2, 0) is 4.79 Å². The fourth-order valence-electron chi connectivity index (χ4n) is 3.18. The zero-order chi connectivity index (χ0) is 18.1. The van der Waals surface area contributed by atoms with E-state index in [0.717, 1.165) is 43.9 Å². The average Bonchev–Trinajstić information content (AvgIpc) is 3.38. The first-order valence-corrected chi connectivity index (χ1v) is 8.97. The summed E-state index contributed by atoms with van der Waals surface area (Å²) in [6.07, 6.45) is 4.18. The Morgan fingerprint density at radius 2 is 2.15 bits per heavy atom. The first-order valence-electron chi connectivity index (χ1n) is 8.97. The first-order chi connectivity index (χ1) is 12.6. The van der Waals surface area contributed by atoms with Gasteiger partial charge in [0.1, 0.15) is 11.6 Å². The number of hydrogen-bond donors (Lipinski definition) is 2. The van der Waals surface area contributed by atoms with E-state index in [2.05, 4.69) is 20.6 Å². The van der Waals surface area contributed by atoms with E-state index in [1.165, 1.54) is 12.1 Å². The Bertz CT molecular complexity index is 817. The van der Waals surface area contributed by atoms with Crippen molar-refractivity contribution < 1.29 is 9.18 Å². The molecule has 0 atom stereocenters. The fourth-order valence-corrected chi connectivity index (χ4v) is 3.18. The smallest absolute Gasteiger partial charge is 0.229 e. The molecule has 0 radical (unpaired) electrons. The summed E-state index contributed by atoms with van der Waals surface area (Å²) in [6, 6.07) is 6.24. The van der Waals surface area contributed by atoms with Crippen LogP contribution in [0.15, 0.2) is 30.5 Å². The number of aromatic nitrogens is 2. The van der Waals surface area contributed by atoms with Gasteiger partial charge in [0.2, 0.25) is 11.9 Å². The van der Waals surface area contributed by atoms with E-state index >= 15 is 0 Å². The molecule has 2 N–H and O–H groups in total. The van der Waals surface area contributed by atoms with Crippen molar-refractivity contribution in [2.24, 2.45) is 5.92 Å². The SMILES string of the molecule is CC(=O)N1CC(CNc2nc(Nc3cccc(F)c3)ncc2C2CC2)C1. The summed E-state index contributed by atoms with van der Waals surface area (Å²) >= 11 is 0. The number of nitrogens with one attached hydrogen (secondary N) is 2. The zero-order valence-corrected chi connectivity index (χ0v) is 14.7. The molecular formula is C19H22FN5O. The van der Waals surface area contributed by atoms with Crippen LogP contribution < -0.4 is 10.6 Å². The standard InChI is InChI=1S/C19H22FN5O/c1-12(26)25-10-13(11-25)8-21-18-17(14-5-6-14)9-22-19(24-18)23-16-4-2-3-15(20)7-16/h2-4,7,9,13-14H,5-6,8,10-11H2,1H3,(H2,21,22,23,24). The predicted molar refractivity (Wildman–Crippen MR) is 97.9 cm³/mol. The Morgan fingerprint density at radius 1 is 1.35 bits per heavy atom. The number of benzene rings is 1. The largest absolute Gasteiger partial charge is 0.369 e. The van der Waals surface area contributed by atoms with Crippen LogP contribution in [0.1, 0.15) is 31.2 Å². The van der Waals surface area contributed by atoms with Crippen LogP contribution >= 0.6 is 0 Å². The van der Waals surface area contributed by atoms with Gasteiger partial charge in [-0.3, -0.25) is 4.79 Å². The van der Waals surface area contributed by atoms with Crippen LogP contribution in [0.25, 0.3) is 0 Å². The molecule has 1 aromatic carbocycles. The van der Waals surface area contributed by atoms with Crippen molar-refractivity contribution >= 4 is 23.4 Å². The zero-order valence-electron chi connectivity index (χ0n) is 14.7. The highest BCUT2D eigenvalue weighted by atomic mass is 19.1. The summed E-state index contributed by atoms with van der Waals surface area (Å²) < 4.78 is 13.3. The molecule has 2 aromatic rings. The normalized spacial score (nSPS) is 16.9. The molecule has 136 valence electrons.